The second-order valence-corrected chi connectivity index (χ2v) is 8.88. The van der Waals surface area contributed by atoms with Gasteiger partial charge in [-0.1, -0.05) is 97.0 Å². The molecule has 4 heteroatoms. The lowest BCUT2D eigenvalue weighted by molar-refractivity contribution is -0.147. The monoisotopic (exact) mass is 438 g/mol. The highest BCUT2D eigenvalue weighted by molar-refractivity contribution is 5.69. The molecule has 0 aliphatic heterocycles. The zero-order chi connectivity index (χ0) is 23.0. The van der Waals surface area contributed by atoms with Gasteiger partial charge in [-0.15, -0.1) is 0 Å². The van der Waals surface area contributed by atoms with Crippen LogP contribution in [0.3, 0.4) is 0 Å². The SMILES string of the molecule is CCCCCCCC/C=C\C(CCCCCCCCC(=O)O)OC(=O)CCCCCC. The molecule has 1 atom stereocenters. The first-order chi connectivity index (χ1) is 15.1. The molecular formula is C27H50O4. The van der Waals surface area contributed by atoms with Crippen LogP contribution in [-0.2, 0) is 14.3 Å². The molecule has 0 radical (unpaired) electrons. The standard InChI is InChI=1S/C27H50O4/c1-3-5-7-9-10-11-14-17-21-25(31-27(30)24-20-8-6-4-2)22-18-15-12-13-16-19-23-26(28)29/h17,21,25H,3-16,18-20,22-24H2,1-2H3,(H,28,29)/b21-17-. The maximum atomic E-state index is 12.2. The molecule has 0 aromatic heterocycles. The molecule has 0 heterocycles. The molecule has 0 aromatic rings. The Balaban J connectivity index is 4.13. The fraction of sp³-hybridized carbons (Fsp3) is 0.852. The molecule has 1 unspecified atom stereocenters. The van der Waals surface area contributed by atoms with Crippen LogP contribution >= 0.6 is 0 Å². The molecule has 0 aromatic carbocycles. The van der Waals surface area contributed by atoms with Gasteiger partial charge in [0, 0.05) is 12.8 Å². The number of hydrogen-bond acceptors (Lipinski definition) is 3. The summed E-state index contributed by atoms with van der Waals surface area (Å²) >= 11 is 0. The van der Waals surface area contributed by atoms with Gasteiger partial charge in [0.25, 0.3) is 0 Å². The second-order valence-electron chi connectivity index (χ2n) is 8.88. The Morgan fingerprint density at radius 2 is 1.23 bits per heavy atom. The van der Waals surface area contributed by atoms with E-state index < -0.39 is 5.97 Å². The Bertz CT molecular complexity index is 445. The summed E-state index contributed by atoms with van der Waals surface area (Å²) in [4.78, 5) is 22.7. The highest BCUT2D eigenvalue weighted by atomic mass is 16.5. The molecule has 0 spiro atoms. The van der Waals surface area contributed by atoms with Gasteiger partial charge in [0.2, 0.25) is 0 Å². The van der Waals surface area contributed by atoms with Gasteiger partial charge in [0.05, 0.1) is 0 Å². The minimum Gasteiger partial charge on any atom is -0.481 e. The van der Waals surface area contributed by atoms with E-state index in [1.54, 1.807) is 0 Å². The predicted molar refractivity (Wildman–Crippen MR) is 130 cm³/mol. The largest absolute Gasteiger partial charge is 0.481 e. The van der Waals surface area contributed by atoms with E-state index >= 15 is 0 Å². The number of unbranched alkanes of at least 4 members (excludes halogenated alkanes) is 14. The molecular weight excluding hydrogens is 388 g/mol. The van der Waals surface area contributed by atoms with Crippen molar-refractivity contribution in [2.24, 2.45) is 0 Å². The number of esters is 1. The van der Waals surface area contributed by atoms with Crippen molar-refractivity contribution < 1.29 is 19.4 Å². The Morgan fingerprint density at radius 3 is 1.87 bits per heavy atom. The number of carbonyl (C=O) groups excluding carboxylic acids is 1. The van der Waals surface area contributed by atoms with Gasteiger partial charge in [-0.2, -0.15) is 0 Å². The molecule has 182 valence electrons. The van der Waals surface area contributed by atoms with Gasteiger partial charge in [-0.3, -0.25) is 9.59 Å². The summed E-state index contributed by atoms with van der Waals surface area (Å²) in [6, 6.07) is 0. The Morgan fingerprint density at radius 1 is 0.710 bits per heavy atom. The lowest BCUT2D eigenvalue weighted by Crippen LogP contribution is -2.16. The van der Waals surface area contributed by atoms with E-state index in [1.807, 2.05) is 0 Å². The number of rotatable bonds is 23. The lowest BCUT2D eigenvalue weighted by Gasteiger charge is -2.15. The van der Waals surface area contributed by atoms with Gasteiger partial charge in [0.15, 0.2) is 0 Å². The molecule has 0 saturated carbocycles. The highest BCUT2D eigenvalue weighted by Crippen LogP contribution is 2.15. The third-order valence-corrected chi connectivity index (χ3v) is 5.72. The summed E-state index contributed by atoms with van der Waals surface area (Å²) in [6.07, 6.45) is 25.3. The van der Waals surface area contributed by atoms with Crippen LogP contribution in [0.15, 0.2) is 12.2 Å². The van der Waals surface area contributed by atoms with Crippen molar-refractivity contribution >= 4 is 11.9 Å². The number of aliphatic carboxylic acids is 1. The van der Waals surface area contributed by atoms with Gasteiger partial charge in [0.1, 0.15) is 6.10 Å². The number of hydrogen-bond donors (Lipinski definition) is 1. The molecule has 4 nitrogen and oxygen atoms in total. The van der Waals surface area contributed by atoms with Crippen molar-refractivity contribution in [3.8, 4) is 0 Å². The maximum absolute atomic E-state index is 12.2. The first kappa shape index (κ1) is 29.7. The number of carboxylic acid groups (broad SMARTS) is 1. The first-order valence-electron chi connectivity index (χ1n) is 13.2. The fourth-order valence-corrected chi connectivity index (χ4v) is 3.74. The molecule has 31 heavy (non-hydrogen) atoms. The van der Waals surface area contributed by atoms with Crippen LogP contribution in [0.1, 0.15) is 142 Å². The summed E-state index contributed by atoms with van der Waals surface area (Å²) < 4.78 is 5.77. The average molecular weight is 439 g/mol. The topological polar surface area (TPSA) is 63.6 Å². The van der Waals surface area contributed by atoms with E-state index in [4.69, 9.17) is 9.84 Å². The van der Waals surface area contributed by atoms with Crippen LogP contribution < -0.4 is 0 Å². The normalized spacial score (nSPS) is 12.3. The van der Waals surface area contributed by atoms with E-state index in [9.17, 15) is 9.59 Å². The van der Waals surface area contributed by atoms with Gasteiger partial charge in [-0.05, 0) is 44.6 Å². The van der Waals surface area contributed by atoms with Crippen LogP contribution in [0.25, 0.3) is 0 Å². The second kappa shape index (κ2) is 23.3. The third-order valence-electron chi connectivity index (χ3n) is 5.72. The van der Waals surface area contributed by atoms with Gasteiger partial charge in [-0.25, -0.2) is 0 Å². The van der Waals surface area contributed by atoms with Crippen molar-refractivity contribution in [3.05, 3.63) is 12.2 Å². The smallest absolute Gasteiger partial charge is 0.306 e. The number of allylic oxidation sites excluding steroid dienone is 1. The molecule has 0 amide bonds. The Hall–Kier alpha value is -1.32. The minimum absolute atomic E-state index is 0.0565. The van der Waals surface area contributed by atoms with Crippen LogP contribution in [0.4, 0.5) is 0 Å². The average Bonchev–Trinajstić information content (AvgIpc) is 2.74. The predicted octanol–water partition coefficient (Wildman–Crippen LogP) is 8.38. The van der Waals surface area contributed by atoms with Crippen LogP contribution in [0.5, 0.6) is 0 Å². The maximum Gasteiger partial charge on any atom is 0.306 e. The summed E-state index contributed by atoms with van der Waals surface area (Å²) in [5.41, 5.74) is 0. The highest BCUT2D eigenvalue weighted by Gasteiger charge is 2.11. The van der Waals surface area contributed by atoms with E-state index in [2.05, 4.69) is 26.0 Å². The molecule has 0 aliphatic carbocycles. The van der Waals surface area contributed by atoms with Crippen molar-refractivity contribution in [2.75, 3.05) is 0 Å². The van der Waals surface area contributed by atoms with E-state index in [-0.39, 0.29) is 18.5 Å². The summed E-state index contributed by atoms with van der Waals surface area (Å²) in [7, 11) is 0. The Labute approximate surface area is 192 Å². The molecule has 0 fully saturated rings. The van der Waals surface area contributed by atoms with Crippen molar-refractivity contribution in [1.82, 2.24) is 0 Å². The number of carbonyl (C=O) groups is 2. The zero-order valence-corrected chi connectivity index (χ0v) is 20.5. The Kier molecular flexibility index (Phi) is 22.4. The van der Waals surface area contributed by atoms with Gasteiger partial charge < -0.3 is 9.84 Å². The number of ether oxygens (including phenoxy) is 1. The molecule has 0 bridgehead atoms. The van der Waals surface area contributed by atoms with Crippen molar-refractivity contribution in [1.29, 1.82) is 0 Å². The van der Waals surface area contributed by atoms with E-state index in [0.29, 0.717) is 6.42 Å². The summed E-state index contributed by atoms with van der Waals surface area (Å²) in [5.74, 6) is -0.758. The molecule has 1 N–H and O–H groups in total. The molecule has 0 rings (SSSR count). The summed E-state index contributed by atoms with van der Waals surface area (Å²) in [5, 5.41) is 8.67. The van der Waals surface area contributed by atoms with Crippen molar-refractivity contribution in [2.45, 2.75) is 148 Å². The van der Waals surface area contributed by atoms with E-state index in [1.165, 1.54) is 51.4 Å². The third kappa shape index (κ3) is 23.2. The van der Waals surface area contributed by atoms with Crippen LogP contribution in [-0.4, -0.2) is 23.1 Å². The van der Waals surface area contributed by atoms with Crippen LogP contribution in [0, 0.1) is 0 Å². The lowest BCUT2D eigenvalue weighted by atomic mass is 10.0. The minimum atomic E-state index is -0.702. The quantitative estimate of drug-likeness (QED) is 0.0988. The van der Waals surface area contributed by atoms with Crippen LogP contribution in [0.2, 0.25) is 0 Å². The summed E-state index contributed by atoms with van der Waals surface area (Å²) in [6.45, 7) is 4.42. The number of carboxylic acids is 1. The molecule has 0 aliphatic rings. The van der Waals surface area contributed by atoms with E-state index in [0.717, 1.165) is 64.2 Å². The molecule has 0 saturated heterocycles. The fourth-order valence-electron chi connectivity index (χ4n) is 3.74. The first-order valence-corrected chi connectivity index (χ1v) is 13.2. The van der Waals surface area contributed by atoms with Gasteiger partial charge >= 0.3 is 11.9 Å². The van der Waals surface area contributed by atoms with Crippen molar-refractivity contribution in [3.63, 3.8) is 0 Å². The zero-order valence-electron chi connectivity index (χ0n) is 20.5.